The van der Waals surface area contributed by atoms with Crippen LogP contribution in [0.4, 0.5) is 0 Å². The van der Waals surface area contributed by atoms with Crippen molar-refractivity contribution in [2.24, 2.45) is 5.92 Å². The summed E-state index contributed by atoms with van der Waals surface area (Å²) in [4.78, 5) is 11.3. The van der Waals surface area contributed by atoms with E-state index in [0.717, 1.165) is 12.8 Å². The van der Waals surface area contributed by atoms with Crippen LogP contribution < -0.4 is 4.72 Å². The van der Waals surface area contributed by atoms with Gasteiger partial charge in [-0.2, -0.15) is 0 Å². The van der Waals surface area contributed by atoms with Crippen LogP contribution in [0.15, 0.2) is 0 Å². The maximum Gasteiger partial charge on any atom is 0.237 e. The van der Waals surface area contributed by atoms with Gasteiger partial charge in [0.15, 0.2) is 0 Å². The van der Waals surface area contributed by atoms with Gasteiger partial charge in [-0.3, -0.25) is 9.52 Å². The molecule has 1 saturated carbocycles. The van der Waals surface area contributed by atoms with Crippen LogP contribution in [0.25, 0.3) is 0 Å². The molecular formula is C10H19NO3S. The Morgan fingerprint density at radius 2 is 2.00 bits per heavy atom. The van der Waals surface area contributed by atoms with Crippen molar-refractivity contribution in [1.29, 1.82) is 0 Å². The Labute approximate surface area is 91.5 Å². The van der Waals surface area contributed by atoms with Gasteiger partial charge in [0.25, 0.3) is 0 Å². The first-order chi connectivity index (χ1) is 6.92. The SMILES string of the molecule is CC(C)CCCC(=O)NS(=O)(=O)C1CC1. The van der Waals surface area contributed by atoms with Crippen molar-refractivity contribution in [3.05, 3.63) is 0 Å². The monoisotopic (exact) mass is 233 g/mol. The van der Waals surface area contributed by atoms with Crippen LogP contribution in [-0.2, 0) is 14.8 Å². The van der Waals surface area contributed by atoms with E-state index in [2.05, 4.69) is 18.6 Å². The molecule has 1 aliphatic carbocycles. The number of nitrogens with one attached hydrogen (secondary N) is 1. The predicted octanol–water partition coefficient (Wildman–Crippen LogP) is 1.42. The molecule has 88 valence electrons. The Kier molecular flexibility index (Phi) is 4.13. The number of hydrogen-bond donors (Lipinski definition) is 1. The van der Waals surface area contributed by atoms with Gasteiger partial charge in [-0.1, -0.05) is 20.3 Å². The smallest absolute Gasteiger partial charge is 0.237 e. The summed E-state index contributed by atoms with van der Waals surface area (Å²) < 4.78 is 24.9. The van der Waals surface area contributed by atoms with Crippen molar-refractivity contribution in [2.75, 3.05) is 0 Å². The van der Waals surface area contributed by atoms with Crippen LogP contribution in [0.2, 0.25) is 0 Å². The minimum atomic E-state index is -3.34. The normalized spacial score (nSPS) is 16.7. The number of rotatable bonds is 6. The van der Waals surface area contributed by atoms with Crippen molar-refractivity contribution in [1.82, 2.24) is 4.72 Å². The number of carbonyl (C=O) groups is 1. The van der Waals surface area contributed by atoms with Crippen LogP contribution in [0.3, 0.4) is 0 Å². The summed E-state index contributed by atoms with van der Waals surface area (Å²) in [5, 5.41) is -0.313. The average molecular weight is 233 g/mol. The molecule has 0 aromatic heterocycles. The lowest BCUT2D eigenvalue weighted by molar-refractivity contribution is -0.119. The third-order valence-electron chi connectivity index (χ3n) is 2.40. The van der Waals surface area contributed by atoms with Crippen LogP contribution in [-0.4, -0.2) is 19.6 Å². The summed E-state index contributed by atoms with van der Waals surface area (Å²) in [5.74, 6) is 0.195. The lowest BCUT2D eigenvalue weighted by atomic mass is 10.1. The van der Waals surface area contributed by atoms with Gasteiger partial charge in [0.05, 0.1) is 5.25 Å². The fourth-order valence-corrected chi connectivity index (χ4v) is 2.68. The molecule has 0 radical (unpaired) electrons. The number of amides is 1. The first-order valence-electron chi connectivity index (χ1n) is 5.46. The lowest BCUT2D eigenvalue weighted by Gasteiger charge is -2.06. The second-order valence-corrected chi connectivity index (χ2v) is 6.52. The Morgan fingerprint density at radius 1 is 1.40 bits per heavy atom. The van der Waals surface area contributed by atoms with E-state index in [0.29, 0.717) is 25.2 Å². The summed E-state index contributed by atoms with van der Waals surface area (Å²) in [7, 11) is -3.34. The highest BCUT2D eigenvalue weighted by Gasteiger charge is 2.36. The minimum absolute atomic E-state index is 0.310. The molecule has 1 aliphatic rings. The van der Waals surface area contributed by atoms with E-state index in [1.54, 1.807) is 0 Å². The molecule has 0 aliphatic heterocycles. The van der Waals surface area contributed by atoms with Crippen molar-refractivity contribution >= 4 is 15.9 Å². The standard InChI is InChI=1S/C10H19NO3S/c1-8(2)4-3-5-10(12)11-15(13,14)9-6-7-9/h8-9H,3-7H2,1-2H3,(H,11,12). The lowest BCUT2D eigenvalue weighted by Crippen LogP contribution is -2.33. The zero-order chi connectivity index (χ0) is 11.5. The minimum Gasteiger partial charge on any atom is -0.274 e. The van der Waals surface area contributed by atoms with Gasteiger partial charge in [0, 0.05) is 6.42 Å². The molecule has 15 heavy (non-hydrogen) atoms. The van der Waals surface area contributed by atoms with Crippen molar-refractivity contribution < 1.29 is 13.2 Å². The van der Waals surface area contributed by atoms with Gasteiger partial charge in [0.2, 0.25) is 15.9 Å². The van der Waals surface area contributed by atoms with E-state index < -0.39 is 10.0 Å². The quantitative estimate of drug-likeness (QED) is 0.754. The highest BCUT2D eigenvalue weighted by Crippen LogP contribution is 2.27. The van der Waals surface area contributed by atoms with Crippen molar-refractivity contribution in [3.63, 3.8) is 0 Å². The van der Waals surface area contributed by atoms with Crippen molar-refractivity contribution in [3.8, 4) is 0 Å². The molecule has 1 N–H and O–H groups in total. The van der Waals surface area contributed by atoms with Crippen molar-refractivity contribution in [2.45, 2.75) is 51.2 Å². The highest BCUT2D eigenvalue weighted by molar-refractivity contribution is 7.90. The zero-order valence-corrected chi connectivity index (χ0v) is 10.1. The molecule has 5 heteroatoms. The molecule has 0 unspecified atom stereocenters. The molecule has 0 aromatic rings. The molecule has 1 amide bonds. The maximum absolute atomic E-state index is 11.4. The van der Waals surface area contributed by atoms with Crippen LogP contribution in [0.5, 0.6) is 0 Å². The summed E-state index contributed by atoms with van der Waals surface area (Å²) in [6.45, 7) is 4.16. The molecule has 0 heterocycles. The largest absolute Gasteiger partial charge is 0.274 e. The molecule has 4 nitrogen and oxygen atoms in total. The summed E-state index contributed by atoms with van der Waals surface area (Å²) in [6.07, 6.45) is 3.40. The third-order valence-corrected chi connectivity index (χ3v) is 4.27. The Bertz CT molecular complexity index is 318. The molecular weight excluding hydrogens is 214 g/mol. The van der Waals surface area contributed by atoms with Gasteiger partial charge in [-0.15, -0.1) is 0 Å². The molecule has 1 fully saturated rings. The summed E-state index contributed by atoms with van der Waals surface area (Å²) >= 11 is 0. The van der Waals surface area contributed by atoms with Gasteiger partial charge < -0.3 is 0 Å². The molecule has 0 spiro atoms. The van der Waals surface area contributed by atoms with Gasteiger partial charge in [-0.05, 0) is 25.2 Å². The molecule has 0 aromatic carbocycles. The summed E-state index contributed by atoms with van der Waals surface area (Å²) in [6, 6.07) is 0. The van der Waals surface area contributed by atoms with Crippen LogP contribution >= 0.6 is 0 Å². The van der Waals surface area contributed by atoms with E-state index in [1.165, 1.54) is 0 Å². The van der Waals surface area contributed by atoms with Crippen LogP contribution in [0.1, 0.15) is 46.0 Å². The highest BCUT2D eigenvalue weighted by atomic mass is 32.2. The Hall–Kier alpha value is -0.580. The van der Waals surface area contributed by atoms with E-state index in [-0.39, 0.29) is 11.2 Å². The summed E-state index contributed by atoms with van der Waals surface area (Å²) in [5.41, 5.74) is 0. The fourth-order valence-electron chi connectivity index (χ4n) is 1.34. The van der Waals surface area contributed by atoms with E-state index in [9.17, 15) is 13.2 Å². The molecule has 0 saturated heterocycles. The van der Waals surface area contributed by atoms with E-state index in [1.807, 2.05) is 0 Å². The van der Waals surface area contributed by atoms with Gasteiger partial charge in [0.1, 0.15) is 0 Å². The first-order valence-corrected chi connectivity index (χ1v) is 7.01. The predicted molar refractivity (Wildman–Crippen MR) is 58.8 cm³/mol. The second-order valence-electron chi connectivity index (χ2n) is 4.56. The topological polar surface area (TPSA) is 63.2 Å². The average Bonchev–Trinajstić information content (AvgIpc) is 2.83. The van der Waals surface area contributed by atoms with E-state index >= 15 is 0 Å². The Morgan fingerprint density at radius 3 is 2.47 bits per heavy atom. The number of carbonyl (C=O) groups excluding carboxylic acids is 1. The first kappa shape index (κ1) is 12.5. The third kappa shape index (κ3) is 4.64. The molecule has 0 atom stereocenters. The second kappa shape index (κ2) is 4.96. The van der Waals surface area contributed by atoms with Gasteiger partial charge >= 0.3 is 0 Å². The number of sulfonamides is 1. The van der Waals surface area contributed by atoms with Gasteiger partial charge in [-0.25, -0.2) is 8.42 Å². The number of hydrogen-bond acceptors (Lipinski definition) is 3. The molecule has 1 rings (SSSR count). The van der Waals surface area contributed by atoms with Crippen LogP contribution in [0, 0.1) is 5.92 Å². The fraction of sp³-hybridized carbons (Fsp3) is 0.900. The molecule has 0 bridgehead atoms. The zero-order valence-electron chi connectivity index (χ0n) is 9.32. The Balaban J connectivity index is 2.23. The maximum atomic E-state index is 11.4. The van der Waals surface area contributed by atoms with E-state index in [4.69, 9.17) is 0 Å².